The van der Waals surface area contributed by atoms with E-state index in [9.17, 15) is 4.79 Å². The summed E-state index contributed by atoms with van der Waals surface area (Å²) in [5.41, 5.74) is 6.76. The van der Waals surface area contributed by atoms with Gasteiger partial charge in [0.1, 0.15) is 5.82 Å². The summed E-state index contributed by atoms with van der Waals surface area (Å²) >= 11 is 0. The fourth-order valence-electron chi connectivity index (χ4n) is 2.34. The lowest BCUT2D eigenvalue weighted by Crippen LogP contribution is -2.34. The van der Waals surface area contributed by atoms with E-state index in [2.05, 4.69) is 15.6 Å². The Bertz CT molecular complexity index is 427. The van der Waals surface area contributed by atoms with Gasteiger partial charge < -0.3 is 16.4 Å². The number of nitrogens with zero attached hydrogens (tertiary/aromatic N) is 1. The molecule has 1 unspecified atom stereocenters. The number of carbonyl (C=O) groups excluding carboxylic acids is 1. The van der Waals surface area contributed by atoms with Crippen molar-refractivity contribution in [3.05, 3.63) is 23.4 Å². The van der Waals surface area contributed by atoms with Crippen LogP contribution in [0.2, 0.25) is 0 Å². The van der Waals surface area contributed by atoms with Crippen LogP contribution < -0.4 is 16.4 Å². The van der Waals surface area contributed by atoms with E-state index in [1.165, 1.54) is 12.8 Å². The second-order valence-corrected chi connectivity index (χ2v) is 4.81. The Morgan fingerprint density at radius 2 is 2.50 bits per heavy atom. The first-order valence-corrected chi connectivity index (χ1v) is 6.38. The van der Waals surface area contributed by atoms with Gasteiger partial charge in [-0.1, -0.05) is 0 Å². The maximum atomic E-state index is 11.4. The minimum absolute atomic E-state index is 0.426. The van der Waals surface area contributed by atoms with Crippen LogP contribution in [0.25, 0.3) is 0 Å². The number of rotatable bonds is 4. The SMILES string of the molecule is Cc1ccnc(NCC2CCCNC2)c1C(N)=O. The van der Waals surface area contributed by atoms with Gasteiger partial charge in [0.25, 0.3) is 5.91 Å². The first kappa shape index (κ1) is 12.8. The van der Waals surface area contributed by atoms with E-state index in [0.29, 0.717) is 17.3 Å². The Kier molecular flexibility index (Phi) is 4.15. The highest BCUT2D eigenvalue weighted by Crippen LogP contribution is 2.17. The van der Waals surface area contributed by atoms with Gasteiger partial charge in [-0.2, -0.15) is 0 Å². The standard InChI is InChI=1S/C13H20N4O/c1-9-4-6-16-13(11(9)12(14)18)17-8-10-3-2-5-15-7-10/h4,6,10,15H,2-3,5,7-8H2,1H3,(H2,14,18)(H,16,17). The summed E-state index contributed by atoms with van der Waals surface area (Å²) in [5.74, 6) is 0.764. The molecule has 0 bridgehead atoms. The van der Waals surface area contributed by atoms with Crippen molar-refractivity contribution in [2.45, 2.75) is 19.8 Å². The lowest BCUT2D eigenvalue weighted by molar-refractivity contribution is 0.1000. The summed E-state index contributed by atoms with van der Waals surface area (Å²) in [5, 5.41) is 6.62. The van der Waals surface area contributed by atoms with Gasteiger partial charge in [0.15, 0.2) is 0 Å². The van der Waals surface area contributed by atoms with Crippen molar-refractivity contribution < 1.29 is 4.79 Å². The van der Waals surface area contributed by atoms with E-state index in [-0.39, 0.29) is 0 Å². The van der Waals surface area contributed by atoms with E-state index in [1.54, 1.807) is 12.3 Å². The number of aryl methyl sites for hydroxylation is 1. The van der Waals surface area contributed by atoms with Gasteiger partial charge in [0.05, 0.1) is 5.56 Å². The van der Waals surface area contributed by atoms with Gasteiger partial charge in [-0.15, -0.1) is 0 Å². The Balaban J connectivity index is 2.04. The fourth-order valence-corrected chi connectivity index (χ4v) is 2.34. The van der Waals surface area contributed by atoms with Crippen molar-refractivity contribution in [3.63, 3.8) is 0 Å². The number of primary amides is 1. The fraction of sp³-hybridized carbons (Fsp3) is 0.538. The monoisotopic (exact) mass is 248 g/mol. The Morgan fingerprint density at radius 3 is 3.17 bits per heavy atom. The normalized spacial score (nSPS) is 19.5. The first-order chi connectivity index (χ1) is 8.68. The molecule has 1 aromatic heterocycles. The summed E-state index contributed by atoms with van der Waals surface area (Å²) in [6.45, 7) is 4.81. The number of carbonyl (C=O) groups is 1. The predicted octanol–water partition coefficient (Wildman–Crippen LogP) is 0.900. The largest absolute Gasteiger partial charge is 0.369 e. The molecule has 98 valence electrons. The van der Waals surface area contributed by atoms with Crippen molar-refractivity contribution >= 4 is 11.7 Å². The molecule has 1 aromatic rings. The van der Waals surface area contributed by atoms with Crippen LogP contribution in [-0.2, 0) is 0 Å². The molecule has 1 saturated heterocycles. The molecule has 18 heavy (non-hydrogen) atoms. The minimum Gasteiger partial charge on any atom is -0.369 e. The van der Waals surface area contributed by atoms with Gasteiger partial charge in [-0.05, 0) is 50.4 Å². The van der Waals surface area contributed by atoms with Gasteiger partial charge in [-0.3, -0.25) is 4.79 Å². The van der Waals surface area contributed by atoms with Crippen LogP contribution in [0.15, 0.2) is 12.3 Å². The van der Waals surface area contributed by atoms with Crippen molar-refractivity contribution in [2.24, 2.45) is 11.7 Å². The third-order valence-corrected chi connectivity index (χ3v) is 3.36. The number of hydrogen-bond acceptors (Lipinski definition) is 4. The number of nitrogens with two attached hydrogens (primary N) is 1. The Labute approximate surface area is 107 Å². The number of piperidine rings is 1. The molecule has 0 saturated carbocycles. The number of amides is 1. The molecule has 4 N–H and O–H groups in total. The molecule has 2 rings (SSSR count). The van der Waals surface area contributed by atoms with Crippen LogP contribution >= 0.6 is 0 Å². The molecule has 0 aliphatic carbocycles. The van der Waals surface area contributed by atoms with E-state index >= 15 is 0 Å². The third kappa shape index (κ3) is 2.98. The molecule has 5 nitrogen and oxygen atoms in total. The Morgan fingerprint density at radius 1 is 1.67 bits per heavy atom. The molecule has 5 heteroatoms. The Hall–Kier alpha value is -1.62. The predicted molar refractivity (Wildman–Crippen MR) is 71.6 cm³/mol. The quantitative estimate of drug-likeness (QED) is 0.739. The van der Waals surface area contributed by atoms with Crippen LogP contribution in [0.1, 0.15) is 28.8 Å². The van der Waals surface area contributed by atoms with Crippen molar-refractivity contribution in [3.8, 4) is 0 Å². The van der Waals surface area contributed by atoms with Crippen LogP contribution in [0, 0.1) is 12.8 Å². The highest BCUT2D eigenvalue weighted by atomic mass is 16.1. The van der Waals surface area contributed by atoms with Crippen LogP contribution in [0.4, 0.5) is 5.82 Å². The molecule has 0 spiro atoms. The van der Waals surface area contributed by atoms with E-state index in [4.69, 9.17) is 5.73 Å². The number of hydrogen-bond donors (Lipinski definition) is 3. The summed E-state index contributed by atoms with van der Waals surface area (Å²) in [4.78, 5) is 15.6. The first-order valence-electron chi connectivity index (χ1n) is 6.38. The molecule has 0 radical (unpaired) electrons. The second-order valence-electron chi connectivity index (χ2n) is 4.81. The van der Waals surface area contributed by atoms with Crippen molar-refractivity contribution in [1.29, 1.82) is 0 Å². The van der Waals surface area contributed by atoms with Gasteiger partial charge >= 0.3 is 0 Å². The third-order valence-electron chi connectivity index (χ3n) is 3.36. The molecule has 2 heterocycles. The average molecular weight is 248 g/mol. The molecule has 1 fully saturated rings. The lowest BCUT2D eigenvalue weighted by Gasteiger charge is -2.23. The summed E-state index contributed by atoms with van der Waals surface area (Å²) in [7, 11) is 0. The highest BCUT2D eigenvalue weighted by Gasteiger charge is 2.16. The summed E-state index contributed by atoms with van der Waals surface area (Å²) < 4.78 is 0. The molecule has 1 atom stereocenters. The molecule has 1 aliphatic rings. The summed E-state index contributed by atoms with van der Waals surface area (Å²) in [6, 6.07) is 1.80. The number of anilines is 1. The maximum Gasteiger partial charge on any atom is 0.252 e. The van der Waals surface area contributed by atoms with Crippen LogP contribution in [0.5, 0.6) is 0 Å². The van der Waals surface area contributed by atoms with E-state index in [1.807, 2.05) is 6.92 Å². The van der Waals surface area contributed by atoms with Gasteiger partial charge in [0.2, 0.25) is 0 Å². The zero-order valence-electron chi connectivity index (χ0n) is 10.7. The van der Waals surface area contributed by atoms with Crippen molar-refractivity contribution in [2.75, 3.05) is 25.0 Å². The minimum atomic E-state index is -0.426. The van der Waals surface area contributed by atoms with E-state index < -0.39 is 5.91 Å². The van der Waals surface area contributed by atoms with Gasteiger partial charge in [-0.25, -0.2) is 4.98 Å². The van der Waals surface area contributed by atoms with Crippen LogP contribution in [-0.4, -0.2) is 30.5 Å². The number of aromatic nitrogens is 1. The lowest BCUT2D eigenvalue weighted by atomic mass is 9.99. The average Bonchev–Trinajstić information content (AvgIpc) is 2.37. The topological polar surface area (TPSA) is 80.0 Å². The van der Waals surface area contributed by atoms with Crippen LogP contribution in [0.3, 0.4) is 0 Å². The van der Waals surface area contributed by atoms with Crippen molar-refractivity contribution in [1.82, 2.24) is 10.3 Å². The number of nitrogens with one attached hydrogen (secondary N) is 2. The molecule has 1 amide bonds. The zero-order valence-corrected chi connectivity index (χ0v) is 10.7. The molecule has 1 aliphatic heterocycles. The molecular weight excluding hydrogens is 228 g/mol. The maximum absolute atomic E-state index is 11.4. The highest BCUT2D eigenvalue weighted by molar-refractivity contribution is 5.98. The second kappa shape index (κ2) is 5.82. The van der Waals surface area contributed by atoms with E-state index in [0.717, 1.165) is 25.2 Å². The zero-order chi connectivity index (χ0) is 13.0. The summed E-state index contributed by atoms with van der Waals surface area (Å²) in [6.07, 6.45) is 4.11. The van der Waals surface area contributed by atoms with Gasteiger partial charge in [0, 0.05) is 12.7 Å². The molecular formula is C13H20N4O. The molecule has 0 aromatic carbocycles. The number of pyridine rings is 1. The smallest absolute Gasteiger partial charge is 0.252 e.